The summed E-state index contributed by atoms with van der Waals surface area (Å²) in [6.07, 6.45) is 0.0869. The van der Waals surface area contributed by atoms with Crippen molar-refractivity contribution in [3.8, 4) is 0 Å². The van der Waals surface area contributed by atoms with Gasteiger partial charge < -0.3 is 0 Å². The van der Waals surface area contributed by atoms with Crippen molar-refractivity contribution in [1.29, 1.82) is 0 Å². The second kappa shape index (κ2) is 5.26. The van der Waals surface area contributed by atoms with Crippen molar-refractivity contribution >= 4 is 28.5 Å². The monoisotopic (exact) mass is 324 g/mol. The molecule has 0 spiro atoms. The van der Waals surface area contributed by atoms with E-state index in [1.165, 1.54) is 24.3 Å². The van der Waals surface area contributed by atoms with Crippen LogP contribution >= 0.6 is 0 Å². The number of rotatable bonds is 2. The van der Waals surface area contributed by atoms with Crippen LogP contribution < -0.4 is 9.47 Å². The summed E-state index contributed by atoms with van der Waals surface area (Å²) in [5, 5.41) is 0. The fourth-order valence-corrected chi connectivity index (χ4v) is 3.31. The van der Waals surface area contributed by atoms with Crippen LogP contribution in [0.2, 0.25) is 0 Å². The van der Waals surface area contributed by atoms with Gasteiger partial charge in [-0.15, -0.1) is 0 Å². The van der Waals surface area contributed by atoms with E-state index in [0.29, 0.717) is 5.69 Å². The molecule has 6 heteroatoms. The number of carbonyl (C=O) groups excluding carboxylic acids is 2. The van der Waals surface area contributed by atoms with E-state index >= 15 is 0 Å². The minimum absolute atomic E-state index is 0.0869. The molecule has 0 aliphatic carbocycles. The lowest BCUT2D eigenvalue weighted by molar-refractivity contribution is -0.687. The number of aromatic amines is 1. The molecule has 0 bridgehead atoms. The van der Waals surface area contributed by atoms with Gasteiger partial charge in [-0.1, -0.05) is 12.1 Å². The molecule has 1 unspecified atom stereocenters. The largest absolute Gasteiger partial charge is 0.279 e. The number of anilines is 1. The van der Waals surface area contributed by atoms with Crippen molar-refractivity contribution in [2.45, 2.75) is 19.4 Å². The smallest absolute Gasteiger partial charge is 0.274 e. The summed E-state index contributed by atoms with van der Waals surface area (Å²) in [4.78, 5) is 29.7. The molecule has 1 N–H and O–H groups in total. The Kier molecular flexibility index (Phi) is 3.19. The SMILES string of the molecule is Cc1[nH]c2ccccc2[n+]1C1CC(=O)N(c2ccc(F)cc2)C1=O. The van der Waals surface area contributed by atoms with E-state index in [0.717, 1.165) is 21.8 Å². The number of nitrogens with one attached hydrogen (secondary N) is 1. The number of carbonyl (C=O) groups is 2. The van der Waals surface area contributed by atoms with Crippen molar-refractivity contribution in [1.82, 2.24) is 4.98 Å². The van der Waals surface area contributed by atoms with Gasteiger partial charge in [-0.05, 0) is 36.4 Å². The van der Waals surface area contributed by atoms with Gasteiger partial charge in [0.25, 0.3) is 11.7 Å². The highest BCUT2D eigenvalue weighted by atomic mass is 19.1. The minimum atomic E-state index is -0.598. The third-order valence-corrected chi connectivity index (χ3v) is 4.36. The zero-order valence-electron chi connectivity index (χ0n) is 13.0. The van der Waals surface area contributed by atoms with E-state index < -0.39 is 11.9 Å². The molecule has 3 aromatic rings. The first-order valence-electron chi connectivity index (χ1n) is 7.67. The van der Waals surface area contributed by atoms with Crippen LogP contribution in [-0.2, 0) is 9.59 Å². The van der Waals surface area contributed by atoms with E-state index in [-0.39, 0.29) is 18.2 Å². The number of hydrogen-bond donors (Lipinski definition) is 1. The lowest BCUT2D eigenvalue weighted by atomic mass is 10.2. The Morgan fingerprint density at radius 2 is 1.83 bits per heavy atom. The highest BCUT2D eigenvalue weighted by molar-refractivity contribution is 6.21. The van der Waals surface area contributed by atoms with Crippen LogP contribution in [0, 0.1) is 12.7 Å². The van der Waals surface area contributed by atoms with Crippen LogP contribution in [0.5, 0.6) is 0 Å². The summed E-state index contributed by atoms with van der Waals surface area (Å²) >= 11 is 0. The van der Waals surface area contributed by atoms with Crippen LogP contribution in [0.25, 0.3) is 11.0 Å². The summed E-state index contributed by atoms with van der Waals surface area (Å²) in [7, 11) is 0. The molecule has 4 rings (SSSR count). The van der Waals surface area contributed by atoms with Crippen molar-refractivity contribution < 1.29 is 18.5 Å². The van der Waals surface area contributed by atoms with Crippen molar-refractivity contribution in [2.24, 2.45) is 0 Å². The Morgan fingerprint density at radius 3 is 2.58 bits per heavy atom. The van der Waals surface area contributed by atoms with E-state index in [4.69, 9.17) is 0 Å². The van der Waals surface area contributed by atoms with Crippen LogP contribution in [-0.4, -0.2) is 16.8 Å². The molecular formula is C18H15FN3O2+. The number of H-pyrrole nitrogens is 1. The van der Waals surface area contributed by atoms with E-state index in [9.17, 15) is 14.0 Å². The van der Waals surface area contributed by atoms with Crippen molar-refractivity contribution in [3.05, 3.63) is 60.2 Å². The fourth-order valence-electron chi connectivity index (χ4n) is 3.31. The Labute approximate surface area is 137 Å². The molecule has 1 atom stereocenters. The number of para-hydroxylation sites is 2. The summed E-state index contributed by atoms with van der Waals surface area (Å²) in [6.45, 7) is 1.87. The average molecular weight is 324 g/mol. The zero-order chi connectivity index (χ0) is 16.8. The Morgan fingerprint density at radius 1 is 1.12 bits per heavy atom. The first kappa shape index (κ1) is 14.6. The van der Waals surface area contributed by atoms with Gasteiger partial charge >= 0.3 is 0 Å². The number of amides is 2. The number of halogens is 1. The number of imidazole rings is 1. The minimum Gasteiger partial charge on any atom is -0.274 e. The maximum atomic E-state index is 13.1. The number of imide groups is 1. The highest BCUT2D eigenvalue weighted by Crippen LogP contribution is 2.28. The van der Waals surface area contributed by atoms with E-state index in [2.05, 4.69) is 4.98 Å². The quantitative estimate of drug-likeness (QED) is 0.581. The fraction of sp³-hybridized carbons (Fsp3) is 0.167. The van der Waals surface area contributed by atoms with Gasteiger partial charge in [0, 0.05) is 6.92 Å². The first-order valence-corrected chi connectivity index (χ1v) is 7.67. The third-order valence-electron chi connectivity index (χ3n) is 4.36. The number of hydrogen-bond acceptors (Lipinski definition) is 2. The number of fused-ring (bicyclic) bond motifs is 1. The molecule has 0 saturated carbocycles. The first-order chi connectivity index (χ1) is 11.6. The molecule has 0 radical (unpaired) electrons. The summed E-state index contributed by atoms with van der Waals surface area (Å²) in [5.41, 5.74) is 2.18. The van der Waals surface area contributed by atoms with Crippen LogP contribution in [0.3, 0.4) is 0 Å². The van der Waals surface area contributed by atoms with E-state index in [1.54, 1.807) is 0 Å². The maximum Gasteiger partial charge on any atom is 0.279 e. The van der Waals surface area contributed by atoms with Gasteiger partial charge in [0.2, 0.25) is 5.91 Å². The van der Waals surface area contributed by atoms with Crippen molar-refractivity contribution in [3.63, 3.8) is 0 Å². The molecule has 2 amide bonds. The predicted octanol–water partition coefficient (Wildman–Crippen LogP) is 2.41. The number of nitrogens with zero attached hydrogens (tertiary/aromatic N) is 2. The third kappa shape index (κ3) is 2.11. The predicted molar refractivity (Wildman–Crippen MR) is 85.8 cm³/mol. The van der Waals surface area contributed by atoms with Crippen molar-refractivity contribution in [2.75, 3.05) is 4.90 Å². The maximum absolute atomic E-state index is 13.1. The van der Waals surface area contributed by atoms with Gasteiger partial charge in [0.15, 0.2) is 17.1 Å². The number of aryl methyl sites for hydroxylation is 1. The average Bonchev–Trinajstić information content (AvgIpc) is 3.04. The topological polar surface area (TPSA) is 57.0 Å². The Bertz CT molecular complexity index is 962. The van der Waals surface area contributed by atoms with E-state index in [1.807, 2.05) is 35.8 Å². The molecular weight excluding hydrogens is 309 g/mol. The molecule has 1 saturated heterocycles. The van der Waals surface area contributed by atoms with Gasteiger partial charge in [0.05, 0.1) is 12.1 Å². The molecule has 1 fully saturated rings. The number of aromatic nitrogens is 2. The lowest BCUT2D eigenvalue weighted by Crippen LogP contribution is -2.45. The Balaban J connectivity index is 1.78. The molecule has 2 heterocycles. The summed E-state index contributed by atoms with van der Waals surface area (Å²) in [5.74, 6) is -0.183. The van der Waals surface area contributed by atoms with Gasteiger partial charge in [0.1, 0.15) is 5.82 Å². The summed E-state index contributed by atoms with van der Waals surface area (Å²) in [6, 6.07) is 12.4. The van der Waals surface area contributed by atoms with Crippen LogP contribution in [0.15, 0.2) is 48.5 Å². The normalized spacial score (nSPS) is 17.9. The zero-order valence-corrected chi connectivity index (χ0v) is 13.0. The second-order valence-corrected chi connectivity index (χ2v) is 5.86. The molecule has 2 aromatic carbocycles. The molecule has 1 aliphatic rings. The van der Waals surface area contributed by atoms with Crippen LogP contribution in [0.4, 0.5) is 10.1 Å². The van der Waals surface area contributed by atoms with Crippen LogP contribution in [0.1, 0.15) is 18.3 Å². The lowest BCUT2D eigenvalue weighted by Gasteiger charge is -2.14. The second-order valence-electron chi connectivity index (χ2n) is 5.86. The molecule has 120 valence electrons. The molecule has 1 aliphatic heterocycles. The number of benzene rings is 2. The molecule has 1 aromatic heterocycles. The standard InChI is InChI=1S/C18H14FN3O2/c1-11-20-14-4-2-3-5-15(14)21(11)16-10-17(23)22(18(16)24)13-8-6-12(19)7-9-13/h2-9,16H,10H2,1H3/p+1. The molecule has 5 nitrogen and oxygen atoms in total. The highest BCUT2D eigenvalue weighted by Gasteiger charge is 2.45. The van der Waals surface area contributed by atoms with Gasteiger partial charge in [-0.25, -0.2) is 18.8 Å². The summed E-state index contributed by atoms with van der Waals surface area (Å²) < 4.78 is 15.0. The Hall–Kier alpha value is -3.02. The molecule has 24 heavy (non-hydrogen) atoms. The van der Waals surface area contributed by atoms with Gasteiger partial charge in [-0.3, -0.25) is 9.59 Å². The van der Waals surface area contributed by atoms with Gasteiger partial charge in [-0.2, -0.15) is 0 Å².